The number of ketones is 1. The monoisotopic (exact) mass is 523 g/mol. The molecule has 2 amide bonds. The summed E-state index contributed by atoms with van der Waals surface area (Å²) in [7, 11) is -3.29. The Morgan fingerprint density at radius 2 is 1.92 bits per heavy atom. The molecule has 37 heavy (non-hydrogen) atoms. The SMILES string of the molecule is CCC(=O)Cn1nc(C(=O)NCc2ccc(C#N)cc2)c2c1C(=O)N(CC1(S(=O)(=O)C3CC3)CC1)CC2. The molecule has 2 aromatic rings. The van der Waals surface area contributed by atoms with Crippen molar-refractivity contribution in [3.8, 4) is 6.07 Å². The van der Waals surface area contributed by atoms with Crippen LogP contribution < -0.4 is 5.32 Å². The lowest BCUT2D eigenvalue weighted by atomic mass is 10.0. The lowest BCUT2D eigenvalue weighted by molar-refractivity contribution is -0.119. The van der Waals surface area contributed by atoms with Gasteiger partial charge in [-0.1, -0.05) is 19.1 Å². The molecule has 0 radical (unpaired) electrons. The van der Waals surface area contributed by atoms with Gasteiger partial charge in [-0.05, 0) is 49.8 Å². The molecule has 1 aromatic heterocycles. The van der Waals surface area contributed by atoms with Gasteiger partial charge in [0.15, 0.2) is 21.3 Å². The van der Waals surface area contributed by atoms with Crippen LogP contribution in [0.2, 0.25) is 0 Å². The molecule has 194 valence electrons. The maximum atomic E-state index is 13.6. The molecular formula is C26H29N5O5S. The van der Waals surface area contributed by atoms with E-state index in [1.165, 1.54) is 4.68 Å². The molecule has 0 spiro atoms. The van der Waals surface area contributed by atoms with Gasteiger partial charge in [0.2, 0.25) is 0 Å². The van der Waals surface area contributed by atoms with Gasteiger partial charge < -0.3 is 10.2 Å². The summed E-state index contributed by atoms with van der Waals surface area (Å²) in [6, 6.07) is 8.87. The van der Waals surface area contributed by atoms with Crippen LogP contribution in [0.4, 0.5) is 0 Å². The Morgan fingerprint density at radius 3 is 2.51 bits per heavy atom. The van der Waals surface area contributed by atoms with Crippen molar-refractivity contribution in [3.63, 3.8) is 0 Å². The van der Waals surface area contributed by atoms with Crippen LogP contribution in [0.25, 0.3) is 0 Å². The lowest BCUT2D eigenvalue weighted by Crippen LogP contribution is -2.47. The molecule has 2 fully saturated rings. The molecule has 2 aliphatic carbocycles. The summed E-state index contributed by atoms with van der Waals surface area (Å²) in [6.45, 7) is 2.22. The van der Waals surface area contributed by atoms with Gasteiger partial charge in [0, 0.05) is 31.6 Å². The summed E-state index contributed by atoms with van der Waals surface area (Å²) >= 11 is 0. The number of amides is 2. The van der Waals surface area contributed by atoms with Gasteiger partial charge in [0.1, 0.15) is 12.2 Å². The highest BCUT2D eigenvalue weighted by Crippen LogP contribution is 2.50. The molecule has 5 rings (SSSR count). The zero-order chi connectivity index (χ0) is 26.4. The Kier molecular flexibility index (Phi) is 6.40. The molecule has 1 aromatic carbocycles. The standard InChI is InChI=1S/C26H29N5O5S/c1-2-19(32)15-31-23-21(22(29-31)24(33)28-14-18-5-3-17(13-27)4-6-18)9-12-30(25(23)34)16-26(10-11-26)37(35,36)20-7-8-20/h3-6,20H,2,7-12,14-16H2,1H3,(H,28,33). The van der Waals surface area contributed by atoms with E-state index in [1.807, 2.05) is 6.07 Å². The number of benzene rings is 1. The third-order valence-corrected chi connectivity index (χ3v) is 10.6. The Hall–Kier alpha value is -3.52. The maximum Gasteiger partial charge on any atom is 0.272 e. The van der Waals surface area contributed by atoms with E-state index in [0.717, 1.165) is 5.56 Å². The molecule has 0 unspecified atom stereocenters. The van der Waals surface area contributed by atoms with Crippen LogP contribution in [0, 0.1) is 11.3 Å². The third kappa shape index (κ3) is 4.66. The van der Waals surface area contributed by atoms with Crippen molar-refractivity contribution < 1.29 is 22.8 Å². The first kappa shape index (κ1) is 25.1. The van der Waals surface area contributed by atoms with Crippen molar-refractivity contribution in [2.75, 3.05) is 13.1 Å². The number of hydrogen-bond acceptors (Lipinski definition) is 7. The quantitative estimate of drug-likeness (QED) is 0.500. The van der Waals surface area contributed by atoms with Crippen LogP contribution in [0.1, 0.15) is 76.7 Å². The van der Waals surface area contributed by atoms with Crippen molar-refractivity contribution in [2.24, 2.45) is 0 Å². The molecule has 11 heteroatoms. The number of sulfone groups is 1. The highest BCUT2D eigenvalue weighted by Gasteiger charge is 2.60. The highest BCUT2D eigenvalue weighted by atomic mass is 32.2. The molecule has 1 N–H and O–H groups in total. The normalized spacial score (nSPS) is 18.2. The summed E-state index contributed by atoms with van der Waals surface area (Å²) in [5.41, 5.74) is 2.10. The topological polar surface area (TPSA) is 142 Å². The fourth-order valence-corrected chi connectivity index (χ4v) is 7.39. The molecule has 3 aliphatic rings. The van der Waals surface area contributed by atoms with Crippen LogP contribution in [-0.2, 0) is 34.1 Å². The van der Waals surface area contributed by atoms with E-state index in [1.54, 1.807) is 36.1 Å². The predicted molar refractivity (Wildman–Crippen MR) is 133 cm³/mol. The van der Waals surface area contributed by atoms with Gasteiger partial charge in [0.05, 0.1) is 21.6 Å². The highest BCUT2D eigenvalue weighted by molar-refractivity contribution is 7.94. The third-order valence-electron chi connectivity index (χ3n) is 7.50. The molecular weight excluding hydrogens is 494 g/mol. The van der Waals surface area contributed by atoms with Crippen molar-refractivity contribution >= 4 is 27.4 Å². The summed E-state index contributed by atoms with van der Waals surface area (Å²) in [4.78, 5) is 40.5. The van der Waals surface area contributed by atoms with Crippen LogP contribution in [-0.4, -0.2) is 63.8 Å². The smallest absolute Gasteiger partial charge is 0.272 e. The second kappa shape index (κ2) is 9.41. The maximum absolute atomic E-state index is 13.6. The number of hydrogen-bond donors (Lipinski definition) is 1. The molecule has 0 bridgehead atoms. The van der Waals surface area contributed by atoms with E-state index in [9.17, 15) is 22.8 Å². The molecule has 10 nitrogen and oxygen atoms in total. The summed E-state index contributed by atoms with van der Waals surface area (Å²) < 4.78 is 26.4. The first-order valence-corrected chi connectivity index (χ1v) is 14.1. The number of Topliss-reactive ketones (excluding diaryl/α,β-unsaturated/α-hetero) is 1. The van der Waals surface area contributed by atoms with Crippen LogP contribution in [0.5, 0.6) is 0 Å². The van der Waals surface area contributed by atoms with E-state index < -0.39 is 20.5 Å². The predicted octanol–water partition coefficient (Wildman–Crippen LogP) is 1.77. The van der Waals surface area contributed by atoms with Crippen LogP contribution >= 0.6 is 0 Å². The number of fused-ring (bicyclic) bond motifs is 1. The second-order valence-electron chi connectivity index (χ2n) is 10.1. The Labute approximate surface area is 215 Å². The number of nitriles is 1. The number of rotatable bonds is 10. The number of nitrogens with zero attached hydrogens (tertiary/aromatic N) is 4. The van der Waals surface area contributed by atoms with Crippen molar-refractivity contribution in [3.05, 3.63) is 52.3 Å². The Balaban J connectivity index is 1.38. The fourth-order valence-electron chi connectivity index (χ4n) is 4.91. The second-order valence-corrected chi connectivity index (χ2v) is 12.7. The van der Waals surface area contributed by atoms with Gasteiger partial charge in [-0.15, -0.1) is 0 Å². The van der Waals surface area contributed by atoms with E-state index in [2.05, 4.69) is 10.4 Å². The van der Waals surface area contributed by atoms with Gasteiger partial charge >= 0.3 is 0 Å². The van der Waals surface area contributed by atoms with Gasteiger partial charge in [-0.2, -0.15) is 10.4 Å². The minimum absolute atomic E-state index is 0.104. The van der Waals surface area contributed by atoms with Crippen molar-refractivity contribution in [1.29, 1.82) is 5.26 Å². The zero-order valence-corrected chi connectivity index (χ0v) is 21.5. The van der Waals surface area contributed by atoms with Gasteiger partial charge in [-0.25, -0.2) is 8.42 Å². The average Bonchev–Trinajstić information content (AvgIpc) is 3.82. The molecule has 2 saturated carbocycles. The number of nitrogens with one attached hydrogen (secondary N) is 1. The van der Waals surface area contributed by atoms with E-state index in [0.29, 0.717) is 43.2 Å². The Morgan fingerprint density at radius 1 is 1.22 bits per heavy atom. The molecule has 2 heterocycles. The average molecular weight is 524 g/mol. The first-order chi connectivity index (χ1) is 17.7. The minimum atomic E-state index is -3.29. The zero-order valence-electron chi connectivity index (χ0n) is 20.7. The van der Waals surface area contributed by atoms with E-state index in [-0.39, 0.29) is 60.9 Å². The van der Waals surface area contributed by atoms with Crippen molar-refractivity contribution in [2.45, 2.75) is 68.5 Å². The minimum Gasteiger partial charge on any atom is -0.347 e. The van der Waals surface area contributed by atoms with E-state index in [4.69, 9.17) is 5.26 Å². The summed E-state index contributed by atoms with van der Waals surface area (Å²) in [5.74, 6) is -0.977. The van der Waals surface area contributed by atoms with E-state index >= 15 is 0 Å². The van der Waals surface area contributed by atoms with Crippen LogP contribution in [0.3, 0.4) is 0 Å². The fraction of sp³-hybridized carbons (Fsp3) is 0.500. The van der Waals surface area contributed by atoms with Gasteiger partial charge in [0.25, 0.3) is 11.8 Å². The van der Waals surface area contributed by atoms with Crippen molar-refractivity contribution in [1.82, 2.24) is 20.0 Å². The first-order valence-electron chi connectivity index (χ1n) is 12.6. The Bertz CT molecular complexity index is 1410. The summed E-state index contributed by atoms with van der Waals surface area (Å²) in [5, 5.41) is 15.8. The molecule has 0 saturated heterocycles. The number of carbonyl (C=O) groups is 3. The van der Waals surface area contributed by atoms with Crippen LogP contribution in [0.15, 0.2) is 24.3 Å². The number of aromatic nitrogens is 2. The van der Waals surface area contributed by atoms with Gasteiger partial charge in [-0.3, -0.25) is 19.1 Å². The molecule has 0 atom stereocenters. The number of carbonyl (C=O) groups excluding carboxylic acids is 3. The summed E-state index contributed by atoms with van der Waals surface area (Å²) in [6.07, 6.45) is 3.10. The largest absolute Gasteiger partial charge is 0.347 e. The lowest BCUT2D eigenvalue weighted by Gasteiger charge is -2.31. The molecule has 1 aliphatic heterocycles.